The highest BCUT2D eigenvalue weighted by molar-refractivity contribution is 14.0. The number of carbonyl (C=O) groups excluding carboxylic acids is 1. The summed E-state index contributed by atoms with van der Waals surface area (Å²) >= 11 is 0. The highest BCUT2D eigenvalue weighted by Crippen LogP contribution is 2.30. The van der Waals surface area contributed by atoms with Crippen molar-refractivity contribution in [1.29, 1.82) is 0 Å². The molecule has 0 spiro atoms. The number of hydrogen-bond donors (Lipinski definition) is 2. The van der Waals surface area contributed by atoms with Gasteiger partial charge < -0.3 is 24.7 Å². The normalized spacial score (nSPS) is 17.1. The number of furan rings is 1. The standard InChI is InChI=1S/C19H32N4O3.HI/c1-18(2,3)26-17(24)23-10-8-19(4,9-11-23)14-22-16(20-5)21-13-15-7-6-12-25-15;/h6-7,12H,8-11,13-14H2,1-5H3,(H2,20,21,22);1H. The maximum absolute atomic E-state index is 12.2. The minimum absolute atomic E-state index is 0. The van der Waals surface area contributed by atoms with E-state index in [-0.39, 0.29) is 35.5 Å². The number of guanidine groups is 1. The number of amides is 1. The zero-order chi connectivity index (χ0) is 19.2. The Morgan fingerprint density at radius 2 is 2.00 bits per heavy atom. The molecule has 1 saturated heterocycles. The second-order valence-corrected chi connectivity index (χ2v) is 8.14. The van der Waals surface area contributed by atoms with E-state index in [1.54, 1.807) is 18.2 Å². The first-order valence-corrected chi connectivity index (χ1v) is 9.16. The number of carbonyl (C=O) groups is 1. The summed E-state index contributed by atoms with van der Waals surface area (Å²) in [5.41, 5.74) is -0.341. The van der Waals surface area contributed by atoms with Crippen LogP contribution in [0.2, 0.25) is 0 Å². The number of hydrogen-bond acceptors (Lipinski definition) is 4. The van der Waals surface area contributed by atoms with E-state index in [1.165, 1.54) is 0 Å². The maximum atomic E-state index is 12.2. The van der Waals surface area contributed by atoms with Gasteiger partial charge in [-0.2, -0.15) is 0 Å². The van der Waals surface area contributed by atoms with E-state index >= 15 is 0 Å². The van der Waals surface area contributed by atoms with Crippen molar-refractivity contribution in [2.24, 2.45) is 10.4 Å². The Hall–Kier alpha value is -1.45. The predicted octanol–water partition coefficient (Wildman–Crippen LogP) is 3.60. The van der Waals surface area contributed by atoms with Crippen LogP contribution in [0.25, 0.3) is 0 Å². The summed E-state index contributed by atoms with van der Waals surface area (Å²) in [6, 6.07) is 3.79. The number of likely N-dealkylation sites (tertiary alicyclic amines) is 1. The van der Waals surface area contributed by atoms with Gasteiger partial charge in [0, 0.05) is 26.7 Å². The van der Waals surface area contributed by atoms with Crippen molar-refractivity contribution < 1.29 is 13.9 Å². The van der Waals surface area contributed by atoms with Crippen LogP contribution in [0.15, 0.2) is 27.8 Å². The van der Waals surface area contributed by atoms with Crippen molar-refractivity contribution in [3.63, 3.8) is 0 Å². The zero-order valence-electron chi connectivity index (χ0n) is 17.0. The maximum Gasteiger partial charge on any atom is 0.410 e. The lowest BCUT2D eigenvalue weighted by Gasteiger charge is -2.40. The van der Waals surface area contributed by atoms with Crippen molar-refractivity contribution in [3.8, 4) is 0 Å². The molecule has 1 fully saturated rings. The van der Waals surface area contributed by atoms with E-state index < -0.39 is 5.60 Å². The van der Waals surface area contributed by atoms with Gasteiger partial charge in [-0.1, -0.05) is 6.92 Å². The highest BCUT2D eigenvalue weighted by Gasteiger charge is 2.33. The number of aliphatic imine (C=N–C) groups is 1. The molecule has 0 aromatic carbocycles. The summed E-state index contributed by atoms with van der Waals surface area (Å²) in [7, 11) is 1.75. The monoisotopic (exact) mass is 492 g/mol. The fraction of sp³-hybridized carbons (Fsp3) is 0.684. The molecule has 7 nitrogen and oxygen atoms in total. The Kier molecular flexibility index (Phi) is 8.90. The lowest BCUT2D eigenvalue weighted by molar-refractivity contribution is 0.0123. The third-order valence-corrected chi connectivity index (χ3v) is 4.54. The molecular weight excluding hydrogens is 459 g/mol. The van der Waals surface area contributed by atoms with Crippen molar-refractivity contribution in [2.75, 3.05) is 26.7 Å². The summed E-state index contributed by atoms with van der Waals surface area (Å²) in [6.45, 7) is 10.7. The molecule has 0 saturated carbocycles. The smallest absolute Gasteiger partial charge is 0.410 e. The van der Waals surface area contributed by atoms with Gasteiger partial charge in [0.25, 0.3) is 0 Å². The lowest BCUT2D eigenvalue weighted by Crippen LogP contribution is -2.49. The molecule has 154 valence electrons. The van der Waals surface area contributed by atoms with E-state index in [2.05, 4.69) is 22.5 Å². The van der Waals surface area contributed by atoms with Gasteiger partial charge in [-0.05, 0) is 51.2 Å². The van der Waals surface area contributed by atoms with E-state index in [0.717, 1.165) is 31.1 Å². The largest absolute Gasteiger partial charge is 0.467 e. The molecule has 1 aromatic heterocycles. The molecule has 1 amide bonds. The average molecular weight is 492 g/mol. The van der Waals surface area contributed by atoms with Gasteiger partial charge in [-0.3, -0.25) is 4.99 Å². The number of nitrogens with zero attached hydrogens (tertiary/aromatic N) is 2. The molecule has 2 rings (SSSR count). The highest BCUT2D eigenvalue weighted by atomic mass is 127. The minimum atomic E-state index is -0.453. The molecule has 2 N–H and O–H groups in total. The first-order chi connectivity index (χ1) is 12.2. The molecule has 1 aliphatic rings. The Labute approximate surface area is 179 Å². The fourth-order valence-corrected chi connectivity index (χ4v) is 2.83. The van der Waals surface area contributed by atoms with Crippen LogP contribution in [0.1, 0.15) is 46.3 Å². The molecular formula is C19H33IN4O3. The van der Waals surface area contributed by atoms with Gasteiger partial charge in [0.2, 0.25) is 0 Å². The number of rotatable bonds is 4. The third-order valence-electron chi connectivity index (χ3n) is 4.54. The van der Waals surface area contributed by atoms with Crippen LogP contribution in [0.3, 0.4) is 0 Å². The molecule has 1 aromatic rings. The molecule has 0 atom stereocenters. The Bertz CT molecular complexity index is 603. The topological polar surface area (TPSA) is 79.1 Å². The van der Waals surface area contributed by atoms with Crippen LogP contribution in [0.4, 0.5) is 4.79 Å². The Balaban J connectivity index is 0.00000364. The molecule has 0 unspecified atom stereocenters. The SMILES string of the molecule is CN=C(NCc1ccco1)NCC1(C)CCN(C(=O)OC(C)(C)C)CC1.I. The minimum Gasteiger partial charge on any atom is -0.467 e. The second kappa shape index (κ2) is 10.2. The Morgan fingerprint density at radius 1 is 1.33 bits per heavy atom. The molecule has 0 aliphatic carbocycles. The number of nitrogens with one attached hydrogen (secondary N) is 2. The van der Waals surface area contributed by atoms with Crippen LogP contribution in [-0.2, 0) is 11.3 Å². The van der Waals surface area contributed by atoms with Crippen LogP contribution >= 0.6 is 24.0 Å². The predicted molar refractivity (Wildman–Crippen MR) is 117 cm³/mol. The number of halogens is 1. The van der Waals surface area contributed by atoms with Crippen molar-refractivity contribution in [1.82, 2.24) is 15.5 Å². The lowest BCUT2D eigenvalue weighted by atomic mass is 9.80. The Morgan fingerprint density at radius 3 is 2.52 bits per heavy atom. The van der Waals surface area contributed by atoms with Gasteiger partial charge in [0.05, 0.1) is 12.8 Å². The first-order valence-electron chi connectivity index (χ1n) is 9.16. The van der Waals surface area contributed by atoms with Crippen molar-refractivity contribution in [2.45, 2.75) is 52.7 Å². The molecule has 2 heterocycles. The van der Waals surface area contributed by atoms with E-state index in [9.17, 15) is 4.79 Å². The summed E-state index contributed by atoms with van der Waals surface area (Å²) in [5.74, 6) is 1.61. The van der Waals surface area contributed by atoms with Crippen molar-refractivity contribution >= 4 is 36.0 Å². The van der Waals surface area contributed by atoms with E-state index in [0.29, 0.717) is 19.6 Å². The van der Waals surface area contributed by atoms with Gasteiger partial charge >= 0.3 is 6.09 Å². The van der Waals surface area contributed by atoms with Crippen LogP contribution in [0.5, 0.6) is 0 Å². The third kappa shape index (κ3) is 7.98. The molecule has 1 aliphatic heterocycles. The van der Waals surface area contributed by atoms with E-state index in [4.69, 9.17) is 9.15 Å². The van der Waals surface area contributed by atoms with Crippen molar-refractivity contribution in [3.05, 3.63) is 24.2 Å². The van der Waals surface area contributed by atoms with Gasteiger partial charge in [0.15, 0.2) is 5.96 Å². The van der Waals surface area contributed by atoms with Crippen LogP contribution in [0, 0.1) is 5.41 Å². The van der Waals surface area contributed by atoms with Crippen LogP contribution < -0.4 is 10.6 Å². The quantitative estimate of drug-likeness (QED) is 0.382. The molecule has 0 bridgehead atoms. The molecule has 0 radical (unpaired) electrons. The summed E-state index contributed by atoms with van der Waals surface area (Å²) in [6.07, 6.45) is 3.29. The number of piperidine rings is 1. The van der Waals surface area contributed by atoms with Gasteiger partial charge in [0.1, 0.15) is 11.4 Å². The van der Waals surface area contributed by atoms with E-state index in [1.807, 2.05) is 32.9 Å². The van der Waals surface area contributed by atoms with Crippen LogP contribution in [-0.4, -0.2) is 49.2 Å². The summed E-state index contributed by atoms with van der Waals surface area (Å²) < 4.78 is 10.8. The first kappa shape index (κ1) is 23.6. The molecule has 8 heteroatoms. The van der Waals surface area contributed by atoms with Gasteiger partial charge in [-0.15, -0.1) is 24.0 Å². The average Bonchev–Trinajstić information content (AvgIpc) is 3.07. The zero-order valence-corrected chi connectivity index (χ0v) is 19.3. The second-order valence-electron chi connectivity index (χ2n) is 8.14. The fourth-order valence-electron chi connectivity index (χ4n) is 2.83. The summed E-state index contributed by atoms with van der Waals surface area (Å²) in [4.78, 5) is 18.2. The molecule has 27 heavy (non-hydrogen) atoms. The van der Waals surface area contributed by atoms with Gasteiger partial charge in [-0.25, -0.2) is 4.79 Å². The number of ether oxygens (including phenoxy) is 1. The summed E-state index contributed by atoms with van der Waals surface area (Å²) in [5, 5.41) is 6.63.